The lowest BCUT2D eigenvalue weighted by atomic mass is 10.1. The summed E-state index contributed by atoms with van der Waals surface area (Å²) in [7, 11) is 0. The average Bonchev–Trinajstić information content (AvgIpc) is 1.99. The Morgan fingerprint density at radius 1 is 1.42 bits per heavy atom. The highest BCUT2D eigenvalue weighted by molar-refractivity contribution is 5.62. The van der Waals surface area contributed by atoms with Gasteiger partial charge in [-0.05, 0) is 12.8 Å². The van der Waals surface area contributed by atoms with Crippen molar-refractivity contribution in [2.24, 2.45) is 0 Å². The lowest BCUT2D eigenvalue weighted by molar-refractivity contribution is -0.134. The van der Waals surface area contributed by atoms with Crippen molar-refractivity contribution in [1.29, 1.82) is 0 Å². The van der Waals surface area contributed by atoms with E-state index in [9.17, 15) is 0 Å². The van der Waals surface area contributed by atoms with E-state index in [4.69, 9.17) is 15.0 Å². The molecule has 0 spiro atoms. The number of carbonyl (C=O) groups is 1. The fourth-order valence-electron chi connectivity index (χ4n) is 0.644. The van der Waals surface area contributed by atoms with Crippen LogP contribution >= 0.6 is 0 Å². The topological polar surface area (TPSA) is 57.5 Å². The van der Waals surface area contributed by atoms with Crippen molar-refractivity contribution in [3.63, 3.8) is 0 Å². The number of aliphatic carboxylic acids is 1. The summed E-state index contributed by atoms with van der Waals surface area (Å²) in [6.07, 6.45) is 4.19. The second kappa shape index (κ2) is 10.4. The molecule has 0 bridgehead atoms. The van der Waals surface area contributed by atoms with Gasteiger partial charge in [-0.2, -0.15) is 0 Å². The van der Waals surface area contributed by atoms with Crippen LogP contribution in [0.15, 0.2) is 0 Å². The molecule has 3 heteroatoms. The van der Waals surface area contributed by atoms with Crippen molar-refractivity contribution in [3.05, 3.63) is 0 Å². The van der Waals surface area contributed by atoms with Crippen LogP contribution in [0.3, 0.4) is 0 Å². The van der Waals surface area contributed by atoms with Gasteiger partial charge in [0.1, 0.15) is 0 Å². The summed E-state index contributed by atoms with van der Waals surface area (Å²) in [5, 5.41) is 16.4. The van der Waals surface area contributed by atoms with Crippen molar-refractivity contribution in [1.82, 2.24) is 0 Å². The van der Waals surface area contributed by atoms with Crippen LogP contribution in [0.2, 0.25) is 0 Å². The number of unbranched alkanes of at least 4 members (excludes halogenated alkanes) is 1. The number of carboxylic acids is 1. The van der Waals surface area contributed by atoms with E-state index in [-0.39, 0.29) is 6.10 Å². The van der Waals surface area contributed by atoms with Crippen molar-refractivity contribution in [2.75, 3.05) is 0 Å². The van der Waals surface area contributed by atoms with Gasteiger partial charge >= 0.3 is 0 Å². The van der Waals surface area contributed by atoms with Gasteiger partial charge in [0, 0.05) is 6.92 Å². The Morgan fingerprint density at radius 3 is 2.08 bits per heavy atom. The lowest BCUT2D eigenvalue weighted by Crippen LogP contribution is -2.02. The first-order chi connectivity index (χ1) is 5.54. The first-order valence-corrected chi connectivity index (χ1v) is 4.42. The molecule has 2 N–H and O–H groups in total. The molecular weight excluding hydrogens is 156 g/mol. The number of aliphatic hydroxyl groups is 1. The first-order valence-electron chi connectivity index (χ1n) is 4.42. The molecule has 0 aliphatic rings. The summed E-state index contributed by atoms with van der Waals surface area (Å²) in [5.41, 5.74) is 0. The first kappa shape index (κ1) is 14.0. The number of carboxylic acid groups (broad SMARTS) is 1. The van der Waals surface area contributed by atoms with Gasteiger partial charge in [-0.3, -0.25) is 4.79 Å². The van der Waals surface area contributed by atoms with Gasteiger partial charge < -0.3 is 10.2 Å². The smallest absolute Gasteiger partial charge is 0.300 e. The van der Waals surface area contributed by atoms with Crippen LogP contribution in [0.5, 0.6) is 0 Å². The highest BCUT2D eigenvalue weighted by atomic mass is 16.4. The van der Waals surface area contributed by atoms with E-state index in [1.165, 1.54) is 6.42 Å². The minimum Gasteiger partial charge on any atom is -0.481 e. The number of hydrogen-bond acceptors (Lipinski definition) is 2. The molecule has 74 valence electrons. The Balaban J connectivity index is 0. The Morgan fingerprint density at radius 2 is 1.83 bits per heavy atom. The molecule has 0 aliphatic heterocycles. The van der Waals surface area contributed by atoms with E-state index in [0.717, 1.165) is 26.2 Å². The van der Waals surface area contributed by atoms with Crippen LogP contribution in [-0.2, 0) is 4.79 Å². The molecule has 0 amide bonds. The predicted octanol–water partition coefficient (Wildman–Crippen LogP) is 2.04. The third-order valence-electron chi connectivity index (χ3n) is 1.36. The molecule has 12 heavy (non-hydrogen) atoms. The molecule has 0 radical (unpaired) electrons. The van der Waals surface area contributed by atoms with Crippen molar-refractivity contribution < 1.29 is 15.0 Å². The Kier molecular flexibility index (Phi) is 12.2. The molecule has 0 aromatic rings. The standard InChI is InChI=1S/C7H16O.C2H4O2/c1-3-5-6-7(8)4-2;1-2(3)4/h7-8H,3-6H2,1-2H3;1H3,(H,3,4). The van der Waals surface area contributed by atoms with E-state index >= 15 is 0 Å². The summed E-state index contributed by atoms with van der Waals surface area (Å²) >= 11 is 0. The molecule has 0 aromatic carbocycles. The third kappa shape index (κ3) is 22.7. The van der Waals surface area contributed by atoms with E-state index in [1.807, 2.05) is 6.92 Å². The summed E-state index contributed by atoms with van der Waals surface area (Å²) in [5.74, 6) is -0.833. The highest BCUT2D eigenvalue weighted by Crippen LogP contribution is 2.02. The summed E-state index contributed by atoms with van der Waals surface area (Å²) < 4.78 is 0. The number of rotatable bonds is 4. The molecule has 0 saturated carbocycles. The van der Waals surface area contributed by atoms with Crippen LogP contribution in [0, 0.1) is 0 Å². The molecular formula is C9H20O3. The van der Waals surface area contributed by atoms with E-state index in [2.05, 4.69) is 6.92 Å². The van der Waals surface area contributed by atoms with Crippen LogP contribution in [0.1, 0.15) is 46.5 Å². The molecule has 0 rings (SSSR count). The van der Waals surface area contributed by atoms with Crippen LogP contribution < -0.4 is 0 Å². The summed E-state index contributed by atoms with van der Waals surface area (Å²) in [6, 6.07) is 0. The highest BCUT2D eigenvalue weighted by Gasteiger charge is 1.96. The Hall–Kier alpha value is -0.570. The summed E-state index contributed by atoms with van der Waals surface area (Å²) in [6.45, 7) is 5.24. The second-order valence-electron chi connectivity index (χ2n) is 2.72. The fourth-order valence-corrected chi connectivity index (χ4v) is 0.644. The van der Waals surface area contributed by atoms with Crippen LogP contribution in [0.4, 0.5) is 0 Å². The summed E-state index contributed by atoms with van der Waals surface area (Å²) in [4.78, 5) is 9.00. The molecule has 3 nitrogen and oxygen atoms in total. The maximum Gasteiger partial charge on any atom is 0.300 e. The SMILES string of the molecule is CC(=O)O.CCCCC(O)CC. The Bertz CT molecular complexity index is 97.9. The quantitative estimate of drug-likeness (QED) is 0.689. The van der Waals surface area contributed by atoms with Crippen LogP contribution in [0.25, 0.3) is 0 Å². The van der Waals surface area contributed by atoms with Gasteiger partial charge in [-0.1, -0.05) is 26.7 Å². The van der Waals surface area contributed by atoms with Gasteiger partial charge in [-0.15, -0.1) is 0 Å². The van der Waals surface area contributed by atoms with E-state index < -0.39 is 5.97 Å². The van der Waals surface area contributed by atoms with Crippen molar-refractivity contribution >= 4 is 5.97 Å². The predicted molar refractivity (Wildman–Crippen MR) is 49.1 cm³/mol. The maximum atomic E-state index is 9.00. The number of hydrogen-bond donors (Lipinski definition) is 2. The minimum atomic E-state index is -0.833. The van der Waals surface area contributed by atoms with Crippen LogP contribution in [-0.4, -0.2) is 22.3 Å². The van der Waals surface area contributed by atoms with Gasteiger partial charge in [0.2, 0.25) is 0 Å². The molecule has 0 aliphatic carbocycles. The fraction of sp³-hybridized carbons (Fsp3) is 0.889. The van der Waals surface area contributed by atoms with E-state index in [1.54, 1.807) is 0 Å². The van der Waals surface area contributed by atoms with Gasteiger partial charge in [-0.25, -0.2) is 0 Å². The van der Waals surface area contributed by atoms with Gasteiger partial charge in [0.25, 0.3) is 5.97 Å². The van der Waals surface area contributed by atoms with Gasteiger partial charge in [0.15, 0.2) is 0 Å². The Labute approximate surface area is 74.4 Å². The van der Waals surface area contributed by atoms with Gasteiger partial charge in [0.05, 0.1) is 6.10 Å². The zero-order valence-corrected chi connectivity index (χ0v) is 8.21. The minimum absolute atomic E-state index is 0.0463. The zero-order valence-electron chi connectivity index (χ0n) is 8.21. The van der Waals surface area contributed by atoms with E-state index in [0.29, 0.717) is 0 Å². The average molecular weight is 176 g/mol. The number of aliphatic hydroxyl groups excluding tert-OH is 1. The van der Waals surface area contributed by atoms with Crippen molar-refractivity contribution in [2.45, 2.75) is 52.6 Å². The molecule has 0 fully saturated rings. The second-order valence-corrected chi connectivity index (χ2v) is 2.72. The molecule has 0 aromatic heterocycles. The monoisotopic (exact) mass is 176 g/mol. The maximum absolute atomic E-state index is 9.00. The lowest BCUT2D eigenvalue weighted by Gasteiger charge is -2.03. The normalized spacial score (nSPS) is 11.3. The third-order valence-corrected chi connectivity index (χ3v) is 1.36. The molecule has 1 atom stereocenters. The largest absolute Gasteiger partial charge is 0.481 e. The molecule has 0 heterocycles. The van der Waals surface area contributed by atoms with Crippen molar-refractivity contribution in [3.8, 4) is 0 Å². The zero-order chi connectivity index (χ0) is 9.98. The molecule has 0 saturated heterocycles. The molecule has 1 unspecified atom stereocenters.